The fourth-order valence-electron chi connectivity index (χ4n) is 3.11. The van der Waals surface area contributed by atoms with Crippen LogP contribution in [0, 0.1) is 0 Å². The lowest BCUT2D eigenvalue weighted by molar-refractivity contribution is -0.141. The van der Waals surface area contributed by atoms with E-state index in [4.69, 9.17) is 0 Å². The van der Waals surface area contributed by atoms with E-state index in [-0.39, 0.29) is 10.9 Å². The van der Waals surface area contributed by atoms with Crippen molar-refractivity contribution in [3.8, 4) is 0 Å². The molecule has 1 fully saturated rings. The van der Waals surface area contributed by atoms with E-state index in [2.05, 4.69) is 26.8 Å². The Hall–Kier alpha value is -1.67. The standard InChI is InChI=1S/C17H20F3N3OS/c1-12(23-9-8-13-4-2-3-5-15(13)23)10-22-25(24)14-6-7-16(21-11-14)17(18,19)20/h4-7,11-12,22H,2-3,8-10H2,1H3. The smallest absolute Gasteiger partial charge is 0.367 e. The van der Waals surface area contributed by atoms with E-state index in [0.717, 1.165) is 38.1 Å². The van der Waals surface area contributed by atoms with Crippen LogP contribution >= 0.6 is 0 Å². The second-order valence-corrected chi connectivity index (χ2v) is 7.48. The van der Waals surface area contributed by atoms with Crippen LogP contribution in [0.1, 0.15) is 31.9 Å². The highest BCUT2D eigenvalue weighted by molar-refractivity contribution is 7.83. The first-order valence-corrected chi connectivity index (χ1v) is 9.36. The van der Waals surface area contributed by atoms with Crippen LogP contribution in [0.15, 0.2) is 46.6 Å². The molecule has 2 heterocycles. The fourth-order valence-corrected chi connectivity index (χ4v) is 4.01. The van der Waals surface area contributed by atoms with Crippen LogP contribution in [0.2, 0.25) is 0 Å². The van der Waals surface area contributed by atoms with Gasteiger partial charge in [-0.05, 0) is 43.9 Å². The molecule has 1 saturated heterocycles. The Morgan fingerprint density at radius 3 is 2.76 bits per heavy atom. The number of halogens is 3. The molecule has 0 aromatic carbocycles. The maximum Gasteiger partial charge on any atom is 0.433 e. The molecule has 2 unspecified atom stereocenters. The topological polar surface area (TPSA) is 45.2 Å². The maximum atomic E-state index is 12.5. The summed E-state index contributed by atoms with van der Waals surface area (Å²) in [7, 11) is -1.59. The van der Waals surface area contributed by atoms with E-state index < -0.39 is 22.9 Å². The van der Waals surface area contributed by atoms with Crippen molar-refractivity contribution in [3.05, 3.63) is 47.4 Å². The van der Waals surface area contributed by atoms with Crippen LogP contribution < -0.4 is 4.72 Å². The summed E-state index contributed by atoms with van der Waals surface area (Å²) in [6.45, 7) is 3.46. The minimum absolute atomic E-state index is 0.140. The van der Waals surface area contributed by atoms with E-state index >= 15 is 0 Å². The number of hydrogen-bond acceptors (Lipinski definition) is 3. The molecule has 1 aliphatic carbocycles. The lowest BCUT2D eigenvalue weighted by Crippen LogP contribution is -2.38. The van der Waals surface area contributed by atoms with Crippen molar-refractivity contribution >= 4 is 11.0 Å². The summed E-state index contributed by atoms with van der Waals surface area (Å²) in [4.78, 5) is 5.87. The maximum absolute atomic E-state index is 12.5. The lowest BCUT2D eigenvalue weighted by Gasteiger charge is -2.28. The van der Waals surface area contributed by atoms with Gasteiger partial charge >= 0.3 is 6.18 Å². The number of nitrogens with zero attached hydrogens (tertiary/aromatic N) is 2. The third-order valence-electron chi connectivity index (χ3n) is 4.44. The predicted octanol–water partition coefficient (Wildman–Crippen LogP) is 3.41. The number of rotatable bonds is 5. The molecule has 2 atom stereocenters. The number of likely N-dealkylation sites (tertiary alicyclic amines) is 1. The van der Waals surface area contributed by atoms with Crippen LogP contribution in [-0.4, -0.2) is 33.2 Å². The summed E-state index contributed by atoms with van der Waals surface area (Å²) in [6.07, 6.45) is 4.20. The molecular formula is C17H20F3N3OS. The molecule has 0 bridgehead atoms. The summed E-state index contributed by atoms with van der Waals surface area (Å²) in [5.74, 6) is 0. The van der Waals surface area contributed by atoms with Crippen molar-refractivity contribution in [3.63, 3.8) is 0 Å². The first-order valence-electron chi connectivity index (χ1n) is 8.21. The Labute approximate surface area is 147 Å². The Bertz CT molecular complexity index is 713. The van der Waals surface area contributed by atoms with E-state index in [9.17, 15) is 17.4 Å². The molecule has 1 aromatic rings. The lowest BCUT2D eigenvalue weighted by atomic mass is 10.0. The zero-order valence-electron chi connectivity index (χ0n) is 13.8. The van der Waals surface area contributed by atoms with Crippen LogP contribution in [0.25, 0.3) is 0 Å². The third kappa shape index (κ3) is 4.12. The van der Waals surface area contributed by atoms with Crippen LogP contribution in [0.5, 0.6) is 0 Å². The summed E-state index contributed by atoms with van der Waals surface area (Å²) in [5, 5.41) is 0. The van der Waals surface area contributed by atoms with Crippen molar-refractivity contribution in [2.75, 3.05) is 13.1 Å². The summed E-state index contributed by atoms with van der Waals surface area (Å²) < 4.78 is 52.7. The minimum atomic E-state index is -4.49. The normalized spacial score (nSPS) is 19.9. The number of fused-ring (bicyclic) bond motifs is 1. The quantitative estimate of drug-likeness (QED) is 0.863. The van der Waals surface area contributed by atoms with Gasteiger partial charge < -0.3 is 4.90 Å². The molecule has 25 heavy (non-hydrogen) atoms. The summed E-state index contributed by atoms with van der Waals surface area (Å²) >= 11 is 0. The second-order valence-electron chi connectivity index (χ2n) is 6.18. The molecule has 8 heteroatoms. The van der Waals surface area contributed by atoms with Crippen molar-refractivity contribution < 1.29 is 17.4 Å². The Kier molecular flexibility index (Phi) is 5.29. The van der Waals surface area contributed by atoms with Gasteiger partial charge in [0.05, 0.1) is 4.90 Å². The number of aromatic nitrogens is 1. The Morgan fingerprint density at radius 2 is 2.08 bits per heavy atom. The van der Waals surface area contributed by atoms with Crippen LogP contribution in [-0.2, 0) is 17.2 Å². The molecule has 1 aliphatic heterocycles. The minimum Gasteiger partial charge on any atom is -0.367 e. The fraction of sp³-hybridized carbons (Fsp3) is 0.471. The number of pyridine rings is 1. The number of nitrogens with one attached hydrogen (secondary N) is 1. The molecule has 2 aliphatic rings. The van der Waals surface area contributed by atoms with Crippen molar-refractivity contribution in [2.24, 2.45) is 0 Å². The zero-order chi connectivity index (χ0) is 18.0. The van der Waals surface area contributed by atoms with Gasteiger partial charge in [0.1, 0.15) is 16.7 Å². The average Bonchev–Trinajstić information content (AvgIpc) is 3.03. The van der Waals surface area contributed by atoms with Crippen molar-refractivity contribution in [1.29, 1.82) is 0 Å². The van der Waals surface area contributed by atoms with Crippen LogP contribution in [0.4, 0.5) is 13.2 Å². The highest BCUT2D eigenvalue weighted by atomic mass is 32.2. The first-order chi connectivity index (χ1) is 11.9. The SMILES string of the molecule is CC(CNS(=O)c1ccc(C(F)(F)F)nc1)N1CCC2=CCCC=C21. The van der Waals surface area contributed by atoms with Gasteiger partial charge in [0.15, 0.2) is 0 Å². The van der Waals surface area contributed by atoms with E-state index in [1.165, 1.54) is 17.3 Å². The molecule has 0 saturated carbocycles. The van der Waals surface area contributed by atoms with Gasteiger partial charge in [-0.2, -0.15) is 13.2 Å². The van der Waals surface area contributed by atoms with Gasteiger partial charge in [0.25, 0.3) is 0 Å². The summed E-state index contributed by atoms with van der Waals surface area (Å²) in [5.41, 5.74) is 1.66. The van der Waals surface area contributed by atoms with Gasteiger partial charge in [-0.1, -0.05) is 12.2 Å². The molecule has 0 spiro atoms. The van der Waals surface area contributed by atoms with E-state index in [0.29, 0.717) is 6.54 Å². The number of hydrogen-bond donors (Lipinski definition) is 1. The molecule has 3 rings (SSSR count). The van der Waals surface area contributed by atoms with Crippen molar-refractivity contribution in [1.82, 2.24) is 14.6 Å². The monoisotopic (exact) mass is 371 g/mol. The number of allylic oxidation sites excluding steroid dienone is 3. The second kappa shape index (κ2) is 7.29. The summed E-state index contributed by atoms with van der Waals surface area (Å²) in [6, 6.07) is 2.19. The molecule has 4 nitrogen and oxygen atoms in total. The molecule has 1 N–H and O–H groups in total. The van der Waals surface area contributed by atoms with Crippen molar-refractivity contribution in [2.45, 2.75) is 43.3 Å². The molecule has 0 amide bonds. The number of alkyl halides is 3. The average molecular weight is 371 g/mol. The third-order valence-corrected chi connectivity index (χ3v) is 5.54. The molecule has 136 valence electrons. The van der Waals surface area contributed by atoms with E-state index in [1.54, 1.807) is 0 Å². The highest BCUT2D eigenvalue weighted by Gasteiger charge is 2.32. The van der Waals surface area contributed by atoms with Gasteiger partial charge in [0, 0.05) is 31.0 Å². The van der Waals surface area contributed by atoms with Gasteiger partial charge in [0.2, 0.25) is 0 Å². The molecular weight excluding hydrogens is 351 g/mol. The van der Waals surface area contributed by atoms with E-state index in [1.807, 2.05) is 6.92 Å². The predicted molar refractivity (Wildman–Crippen MR) is 89.8 cm³/mol. The molecule has 1 aromatic heterocycles. The Balaban J connectivity index is 1.57. The Morgan fingerprint density at radius 1 is 1.32 bits per heavy atom. The largest absolute Gasteiger partial charge is 0.433 e. The van der Waals surface area contributed by atoms with Gasteiger partial charge in [-0.25, -0.2) is 8.93 Å². The van der Waals surface area contributed by atoms with Crippen LogP contribution in [0.3, 0.4) is 0 Å². The first kappa shape index (κ1) is 18.1. The molecule has 0 radical (unpaired) electrons. The van der Waals surface area contributed by atoms with Gasteiger partial charge in [-0.3, -0.25) is 4.98 Å². The highest BCUT2D eigenvalue weighted by Crippen LogP contribution is 2.33. The van der Waals surface area contributed by atoms with Gasteiger partial charge in [-0.15, -0.1) is 0 Å². The zero-order valence-corrected chi connectivity index (χ0v) is 14.7.